The molecule has 22 heavy (non-hydrogen) atoms. The molecule has 0 aliphatic carbocycles. The lowest BCUT2D eigenvalue weighted by molar-refractivity contribution is -0.130. The molecule has 0 saturated carbocycles. The lowest BCUT2D eigenvalue weighted by atomic mass is 9.84. The van der Waals surface area contributed by atoms with E-state index < -0.39 is 11.5 Å². The van der Waals surface area contributed by atoms with E-state index >= 15 is 0 Å². The average Bonchev–Trinajstić information content (AvgIpc) is 2.97. The van der Waals surface area contributed by atoms with Crippen molar-refractivity contribution in [3.63, 3.8) is 0 Å². The number of furan rings is 1. The predicted octanol–water partition coefficient (Wildman–Crippen LogP) is 3.35. The molecule has 5 heteroatoms. The Hall–Kier alpha value is -1.78. The van der Waals surface area contributed by atoms with Crippen LogP contribution in [-0.2, 0) is 11.2 Å². The number of aliphatic hydroxyl groups excluding tert-OH is 1. The highest BCUT2D eigenvalue weighted by molar-refractivity contribution is 6.30. The molecule has 1 atom stereocenters. The van der Waals surface area contributed by atoms with Gasteiger partial charge in [0.1, 0.15) is 11.8 Å². The number of carbonyl (C=O) groups is 1. The van der Waals surface area contributed by atoms with E-state index in [0.29, 0.717) is 17.2 Å². The molecule has 0 fully saturated rings. The Kier molecular flexibility index (Phi) is 5.27. The summed E-state index contributed by atoms with van der Waals surface area (Å²) in [6, 6.07) is 10.4. The maximum Gasteiger partial charge on any atom is 0.226 e. The SMILES string of the molecule is CC(C)(Cc1cccc(Cl)c1)C(=O)NC(CO)c1ccco1. The molecule has 0 aliphatic rings. The van der Waals surface area contributed by atoms with Crippen LogP contribution in [0.4, 0.5) is 0 Å². The minimum absolute atomic E-state index is 0.150. The van der Waals surface area contributed by atoms with Gasteiger partial charge in [-0.3, -0.25) is 4.79 Å². The van der Waals surface area contributed by atoms with E-state index in [-0.39, 0.29) is 12.5 Å². The molecule has 1 heterocycles. The zero-order valence-corrected chi connectivity index (χ0v) is 13.4. The van der Waals surface area contributed by atoms with Gasteiger partial charge in [-0.1, -0.05) is 37.6 Å². The van der Waals surface area contributed by atoms with E-state index in [1.54, 1.807) is 18.2 Å². The summed E-state index contributed by atoms with van der Waals surface area (Å²) in [5, 5.41) is 12.9. The van der Waals surface area contributed by atoms with Crippen LogP contribution in [0, 0.1) is 5.41 Å². The van der Waals surface area contributed by atoms with Gasteiger partial charge in [0.25, 0.3) is 0 Å². The Labute approximate surface area is 135 Å². The Balaban J connectivity index is 2.06. The van der Waals surface area contributed by atoms with Crippen LogP contribution < -0.4 is 5.32 Å². The fourth-order valence-corrected chi connectivity index (χ4v) is 2.50. The lowest BCUT2D eigenvalue weighted by Crippen LogP contribution is -2.41. The van der Waals surface area contributed by atoms with Crippen LogP contribution in [-0.4, -0.2) is 17.6 Å². The number of hydrogen-bond donors (Lipinski definition) is 2. The van der Waals surface area contributed by atoms with E-state index in [9.17, 15) is 9.90 Å². The lowest BCUT2D eigenvalue weighted by Gasteiger charge is -2.26. The van der Waals surface area contributed by atoms with Crippen molar-refractivity contribution in [3.8, 4) is 0 Å². The minimum atomic E-state index is -0.634. The highest BCUT2D eigenvalue weighted by atomic mass is 35.5. The van der Waals surface area contributed by atoms with Crippen molar-refractivity contribution in [2.45, 2.75) is 26.3 Å². The first-order valence-corrected chi connectivity index (χ1v) is 7.50. The van der Waals surface area contributed by atoms with E-state index in [2.05, 4.69) is 5.32 Å². The third-order valence-corrected chi connectivity index (χ3v) is 3.76. The van der Waals surface area contributed by atoms with Crippen LogP contribution in [0.2, 0.25) is 5.02 Å². The van der Waals surface area contributed by atoms with Crippen molar-refractivity contribution >= 4 is 17.5 Å². The van der Waals surface area contributed by atoms with Crippen molar-refractivity contribution in [1.29, 1.82) is 0 Å². The number of aliphatic hydroxyl groups is 1. The largest absolute Gasteiger partial charge is 0.467 e. The summed E-state index contributed by atoms with van der Waals surface area (Å²) in [5.74, 6) is 0.386. The molecule has 1 aromatic carbocycles. The molecule has 4 nitrogen and oxygen atoms in total. The smallest absolute Gasteiger partial charge is 0.226 e. The first-order chi connectivity index (χ1) is 10.4. The molecular weight excluding hydrogens is 302 g/mol. The fourth-order valence-electron chi connectivity index (χ4n) is 2.29. The quantitative estimate of drug-likeness (QED) is 0.857. The molecule has 2 N–H and O–H groups in total. The minimum Gasteiger partial charge on any atom is -0.467 e. The molecule has 1 amide bonds. The summed E-state index contributed by atoms with van der Waals surface area (Å²) in [5.41, 5.74) is 0.358. The standard InChI is InChI=1S/C17H20ClNO3/c1-17(2,10-12-5-3-6-13(18)9-12)16(21)19-14(11-20)15-7-4-8-22-15/h3-9,14,20H,10-11H2,1-2H3,(H,19,21). The highest BCUT2D eigenvalue weighted by Crippen LogP contribution is 2.25. The van der Waals surface area contributed by atoms with E-state index in [0.717, 1.165) is 5.56 Å². The second-order valence-electron chi connectivity index (χ2n) is 5.91. The first kappa shape index (κ1) is 16.6. The summed E-state index contributed by atoms with van der Waals surface area (Å²) in [7, 11) is 0. The van der Waals surface area contributed by atoms with Crippen molar-refractivity contribution in [2.24, 2.45) is 5.41 Å². The molecule has 118 valence electrons. The second kappa shape index (κ2) is 6.99. The van der Waals surface area contributed by atoms with Gasteiger partial charge in [-0.05, 0) is 36.2 Å². The molecule has 0 bridgehead atoms. The Morgan fingerprint density at radius 2 is 2.14 bits per heavy atom. The van der Waals surface area contributed by atoms with Gasteiger partial charge in [0.15, 0.2) is 0 Å². The predicted molar refractivity (Wildman–Crippen MR) is 85.6 cm³/mol. The summed E-state index contributed by atoms with van der Waals surface area (Å²) < 4.78 is 5.24. The normalized spacial score (nSPS) is 12.9. The number of halogens is 1. The van der Waals surface area contributed by atoms with E-state index in [1.165, 1.54) is 6.26 Å². The molecule has 0 radical (unpaired) electrons. The van der Waals surface area contributed by atoms with Gasteiger partial charge in [-0.25, -0.2) is 0 Å². The maximum absolute atomic E-state index is 12.5. The molecular formula is C17H20ClNO3. The molecule has 2 rings (SSSR count). The Morgan fingerprint density at radius 3 is 2.73 bits per heavy atom. The van der Waals surface area contributed by atoms with Gasteiger partial charge in [0.05, 0.1) is 12.9 Å². The summed E-state index contributed by atoms with van der Waals surface area (Å²) in [6.07, 6.45) is 2.07. The molecule has 1 unspecified atom stereocenters. The van der Waals surface area contributed by atoms with Gasteiger partial charge in [0, 0.05) is 10.4 Å². The molecule has 0 spiro atoms. The zero-order valence-electron chi connectivity index (χ0n) is 12.7. The number of amides is 1. The number of carbonyl (C=O) groups excluding carboxylic acids is 1. The molecule has 0 aliphatic heterocycles. The van der Waals surface area contributed by atoms with E-state index in [1.807, 2.05) is 32.0 Å². The fraction of sp³-hybridized carbons (Fsp3) is 0.353. The van der Waals surface area contributed by atoms with Crippen molar-refractivity contribution < 1.29 is 14.3 Å². The zero-order chi connectivity index (χ0) is 16.2. The van der Waals surface area contributed by atoms with Crippen LogP contribution in [0.1, 0.15) is 31.2 Å². The number of rotatable bonds is 6. The third-order valence-electron chi connectivity index (χ3n) is 3.52. The summed E-state index contributed by atoms with van der Waals surface area (Å²) in [6.45, 7) is 3.51. The van der Waals surface area contributed by atoms with Crippen LogP contribution in [0.15, 0.2) is 47.1 Å². The summed E-state index contributed by atoms with van der Waals surface area (Å²) >= 11 is 5.98. The van der Waals surface area contributed by atoms with Gasteiger partial charge in [-0.2, -0.15) is 0 Å². The monoisotopic (exact) mass is 321 g/mol. The molecule has 0 saturated heterocycles. The molecule has 2 aromatic rings. The number of hydrogen-bond acceptors (Lipinski definition) is 3. The van der Waals surface area contributed by atoms with Crippen LogP contribution in [0.25, 0.3) is 0 Å². The van der Waals surface area contributed by atoms with Crippen LogP contribution >= 0.6 is 11.6 Å². The number of benzene rings is 1. The van der Waals surface area contributed by atoms with Gasteiger partial charge < -0.3 is 14.8 Å². The Bertz CT molecular complexity index is 623. The first-order valence-electron chi connectivity index (χ1n) is 7.12. The third kappa shape index (κ3) is 4.12. The topological polar surface area (TPSA) is 62.5 Å². The average molecular weight is 322 g/mol. The van der Waals surface area contributed by atoms with Gasteiger partial charge >= 0.3 is 0 Å². The van der Waals surface area contributed by atoms with Gasteiger partial charge in [0.2, 0.25) is 5.91 Å². The van der Waals surface area contributed by atoms with Crippen molar-refractivity contribution in [3.05, 3.63) is 59.0 Å². The summed E-state index contributed by atoms with van der Waals surface area (Å²) in [4.78, 5) is 12.5. The van der Waals surface area contributed by atoms with Gasteiger partial charge in [-0.15, -0.1) is 0 Å². The van der Waals surface area contributed by atoms with Crippen LogP contribution in [0.3, 0.4) is 0 Å². The van der Waals surface area contributed by atoms with Crippen molar-refractivity contribution in [1.82, 2.24) is 5.32 Å². The van der Waals surface area contributed by atoms with Crippen molar-refractivity contribution in [2.75, 3.05) is 6.61 Å². The Morgan fingerprint density at radius 1 is 1.36 bits per heavy atom. The maximum atomic E-state index is 12.5. The van der Waals surface area contributed by atoms with E-state index in [4.69, 9.17) is 16.0 Å². The molecule has 1 aromatic heterocycles. The number of nitrogens with one attached hydrogen (secondary N) is 1. The highest BCUT2D eigenvalue weighted by Gasteiger charge is 2.30. The van der Waals surface area contributed by atoms with Crippen LogP contribution in [0.5, 0.6) is 0 Å². The second-order valence-corrected chi connectivity index (χ2v) is 6.35.